The normalized spacial score (nSPS) is 12.9. The Kier molecular flexibility index (Phi) is 10.8. The summed E-state index contributed by atoms with van der Waals surface area (Å²) in [6.45, 7) is 6.48. The lowest BCUT2D eigenvalue weighted by Crippen LogP contribution is -2.63. The van der Waals surface area contributed by atoms with E-state index < -0.39 is 0 Å². The van der Waals surface area contributed by atoms with Gasteiger partial charge < -0.3 is 19.3 Å². The Morgan fingerprint density at radius 2 is 1.08 bits per heavy atom. The molecule has 0 N–H and O–H groups in total. The van der Waals surface area contributed by atoms with E-state index >= 15 is 0 Å². The van der Waals surface area contributed by atoms with E-state index in [0.29, 0.717) is 11.5 Å². The predicted octanol–water partition coefficient (Wildman–Crippen LogP) is 16.8. The molecule has 0 bridgehead atoms. The summed E-state index contributed by atoms with van der Waals surface area (Å²) < 4.78 is 22.2. The van der Waals surface area contributed by atoms with E-state index in [1.165, 1.54) is 11.0 Å². The summed E-state index contributed by atoms with van der Waals surface area (Å²) in [5, 5.41) is 2.25. The number of rotatable bonds is 9. The van der Waals surface area contributed by atoms with Gasteiger partial charge in [-0.05, 0) is 135 Å². The Balaban J connectivity index is 0.969. The molecule has 6 heterocycles. The third-order valence-electron chi connectivity index (χ3n) is 17.3. The average molecular weight is 1090 g/mol. The first-order chi connectivity index (χ1) is 41.8. The van der Waals surface area contributed by atoms with E-state index in [4.69, 9.17) is 14.5 Å². The maximum atomic E-state index is 7.76. The van der Waals surface area contributed by atoms with Crippen LogP contribution in [0.25, 0.3) is 72.3 Å². The van der Waals surface area contributed by atoms with Crippen LogP contribution in [0.1, 0.15) is 26.3 Å². The van der Waals surface area contributed by atoms with Crippen LogP contribution in [-0.2, 0) is 5.41 Å². The van der Waals surface area contributed by atoms with Crippen LogP contribution in [0.2, 0.25) is 0 Å². The van der Waals surface area contributed by atoms with Gasteiger partial charge in [-0.25, -0.2) is 4.98 Å². The Bertz CT molecular complexity index is 4960. The van der Waals surface area contributed by atoms with Gasteiger partial charge in [0.15, 0.2) is 0 Å². The molecule has 17 rings (SSSR count). The first kappa shape index (κ1) is 48.8. The van der Waals surface area contributed by atoms with E-state index in [1.54, 1.807) is 0 Å². The maximum Gasteiger partial charge on any atom is 0.270 e. The number of anilines is 6. The number of ether oxygens (including phenoxy) is 2. The van der Waals surface area contributed by atoms with Gasteiger partial charge in [0.25, 0.3) is 13.0 Å². The lowest BCUT2D eigenvalue weighted by molar-refractivity contribution is -0.571. The first-order valence-corrected chi connectivity index (χ1v) is 29.1. The van der Waals surface area contributed by atoms with Crippen molar-refractivity contribution < 1.29 is 14.0 Å². The number of aromatic nitrogens is 4. The molecule has 9 heteroatoms. The second-order valence-corrected chi connectivity index (χ2v) is 23.2. The molecule has 0 unspecified atom stereocenters. The molecule has 0 saturated carbocycles. The number of imidazole rings is 1. The number of hydrogen-bond donors (Lipinski definition) is 0. The van der Waals surface area contributed by atoms with Crippen LogP contribution < -0.4 is 40.2 Å². The van der Waals surface area contributed by atoms with Crippen LogP contribution in [0.15, 0.2) is 267 Å². The van der Waals surface area contributed by atoms with Crippen molar-refractivity contribution in [2.45, 2.75) is 26.2 Å². The van der Waals surface area contributed by atoms with Gasteiger partial charge in [0.2, 0.25) is 0 Å². The highest BCUT2D eigenvalue weighted by molar-refractivity contribution is 7.01. The van der Waals surface area contributed by atoms with Gasteiger partial charge in [-0.3, -0.25) is 13.7 Å². The van der Waals surface area contributed by atoms with Crippen molar-refractivity contribution in [3.05, 3.63) is 279 Å². The minimum atomic E-state index is -0.262. The highest BCUT2D eigenvalue weighted by atomic mass is 16.5. The van der Waals surface area contributed by atoms with Crippen molar-refractivity contribution in [1.82, 2.24) is 14.1 Å². The molecule has 0 amide bonds. The smallest absolute Gasteiger partial charge is 0.270 e. The lowest BCUT2D eigenvalue weighted by atomic mass is 9.32. The summed E-state index contributed by atoms with van der Waals surface area (Å²) in [6, 6.07) is 92.8. The van der Waals surface area contributed by atoms with Crippen LogP contribution in [0.3, 0.4) is 0 Å². The largest absolute Gasteiger partial charge is 0.462 e. The Hall–Kier alpha value is -10.9. The highest BCUT2D eigenvalue weighted by Crippen LogP contribution is 2.53. The number of pyridine rings is 1. The SMILES string of the molecule is CC(C)(C)c1ccnc(-n2c3ccccc3c3ccc(Oc4cc(-n5[c-][n+](-c6c(-c7ccccc7)cccc6-c6ccccc6)c6ccccc65)c5c6c4N(c4ccccc4)c4cccc7c4B6c4c(cccc4N7c4ccccc4)O5)cc32)c1. The molecule has 0 radical (unpaired) electrons. The van der Waals surface area contributed by atoms with Gasteiger partial charge in [-0.2, -0.15) is 0 Å². The fraction of sp³-hybridized carbons (Fsp3) is 0.0526. The van der Waals surface area contributed by atoms with E-state index in [9.17, 15) is 0 Å². The summed E-state index contributed by atoms with van der Waals surface area (Å²) in [5.41, 5.74) is 20.8. The van der Waals surface area contributed by atoms with Crippen LogP contribution in [0.5, 0.6) is 23.0 Å². The second kappa shape index (κ2) is 18.8. The van der Waals surface area contributed by atoms with Gasteiger partial charge in [0.05, 0.1) is 33.4 Å². The van der Waals surface area contributed by atoms with Gasteiger partial charge >= 0.3 is 0 Å². The van der Waals surface area contributed by atoms with E-state index in [2.05, 4.69) is 311 Å². The van der Waals surface area contributed by atoms with Crippen molar-refractivity contribution in [3.63, 3.8) is 0 Å². The van der Waals surface area contributed by atoms with E-state index in [-0.39, 0.29) is 12.1 Å². The van der Waals surface area contributed by atoms with Crippen LogP contribution in [0.4, 0.5) is 34.1 Å². The monoisotopic (exact) mass is 1090 g/mol. The van der Waals surface area contributed by atoms with Gasteiger partial charge in [-0.15, -0.1) is 0 Å². The molecule has 0 spiro atoms. The number of hydrogen-bond acceptors (Lipinski definition) is 5. The van der Waals surface area contributed by atoms with Crippen LogP contribution >= 0.6 is 0 Å². The van der Waals surface area contributed by atoms with Crippen molar-refractivity contribution in [1.29, 1.82) is 0 Å². The molecule has 3 aliphatic rings. The number of fused-ring (bicyclic) bond motifs is 4. The maximum absolute atomic E-state index is 7.76. The topological polar surface area (TPSA) is 51.6 Å². The Morgan fingerprint density at radius 1 is 0.494 bits per heavy atom. The molecule has 11 aromatic carbocycles. The van der Waals surface area contributed by atoms with Gasteiger partial charge in [0, 0.05) is 51.5 Å². The molecule has 402 valence electrons. The molecular formula is C76H53BN6O2. The van der Waals surface area contributed by atoms with Crippen molar-refractivity contribution in [2.24, 2.45) is 0 Å². The fourth-order valence-corrected chi connectivity index (χ4v) is 13.6. The summed E-state index contributed by atoms with van der Waals surface area (Å²) >= 11 is 0. The van der Waals surface area contributed by atoms with Crippen molar-refractivity contribution >= 4 is 90.1 Å². The molecule has 3 aliphatic heterocycles. The quantitative estimate of drug-likeness (QED) is 0.0819. The molecule has 3 aromatic heterocycles. The predicted molar refractivity (Wildman–Crippen MR) is 346 cm³/mol. The Labute approximate surface area is 493 Å². The summed E-state index contributed by atoms with van der Waals surface area (Å²) in [4.78, 5) is 9.85. The fourth-order valence-electron chi connectivity index (χ4n) is 13.6. The minimum absolute atomic E-state index is 0.0827. The molecule has 85 heavy (non-hydrogen) atoms. The number of nitrogens with zero attached hydrogens (tertiary/aromatic N) is 6. The zero-order valence-corrected chi connectivity index (χ0v) is 47.0. The minimum Gasteiger partial charge on any atom is -0.462 e. The average Bonchev–Trinajstić information content (AvgIpc) is 1.23. The zero-order chi connectivity index (χ0) is 56.5. The third kappa shape index (κ3) is 7.49. The molecular weight excluding hydrogens is 1040 g/mol. The third-order valence-corrected chi connectivity index (χ3v) is 17.3. The molecule has 0 fully saturated rings. The van der Waals surface area contributed by atoms with Crippen LogP contribution in [0, 0.1) is 6.33 Å². The summed E-state index contributed by atoms with van der Waals surface area (Å²) in [5.74, 6) is 3.72. The standard InChI is InChI=1S/C76H53BN6O2/c1-76(2,3)51-43-44-78-69(45-51)83-59-34-17-16-31-57(59)58-42-41-54(46-65(58)83)84-68-47-66(79-48-80(61-36-19-18-35-60(61)79)73-55(49-23-8-4-9-24-49)32-20-33-56(73)50-25-10-5-11-26-50)75-72-74(68)82(53-29-14-7-15-30-53)63-38-21-37-62-70(63)77(72)71-64(39-22-40-67(71)85-75)81(62)52-27-12-6-13-28-52/h4-47H,1-3H3. The number of para-hydroxylation sites is 6. The van der Waals surface area contributed by atoms with Crippen molar-refractivity contribution in [3.8, 4) is 62.4 Å². The van der Waals surface area contributed by atoms with E-state index in [1.807, 2.05) is 6.20 Å². The number of benzene rings is 11. The summed E-state index contributed by atoms with van der Waals surface area (Å²) in [7, 11) is 0. The lowest BCUT2D eigenvalue weighted by Gasteiger charge is -2.47. The molecule has 0 saturated heterocycles. The molecule has 0 aliphatic carbocycles. The van der Waals surface area contributed by atoms with Crippen molar-refractivity contribution in [2.75, 3.05) is 9.80 Å². The van der Waals surface area contributed by atoms with Crippen LogP contribution in [-0.4, -0.2) is 20.8 Å². The molecule has 0 atom stereocenters. The summed E-state index contributed by atoms with van der Waals surface area (Å²) in [6.07, 6.45) is 5.97. The van der Waals surface area contributed by atoms with Gasteiger partial charge in [-0.1, -0.05) is 191 Å². The Morgan fingerprint density at radius 3 is 1.79 bits per heavy atom. The zero-order valence-electron chi connectivity index (χ0n) is 47.0. The molecule has 8 nitrogen and oxygen atoms in total. The van der Waals surface area contributed by atoms with E-state index in [0.717, 1.165) is 129 Å². The highest BCUT2D eigenvalue weighted by Gasteiger charge is 2.50. The molecule has 14 aromatic rings. The first-order valence-electron chi connectivity index (χ1n) is 29.1. The van der Waals surface area contributed by atoms with Gasteiger partial charge in [0.1, 0.15) is 34.5 Å². The second-order valence-electron chi connectivity index (χ2n) is 23.2.